The van der Waals surface area contributed by atoms with Crippen molar-refractivity contribution in [1.82, 2.24) is 0 Å². The van der Waals surface area contributed by atoms with Gasteiger partial charge in [0.1, 0.15) is 19.6 Å². The molecule has 0 bridgehead atoms. The molecule has 0 aliphatic heterocycles. The Labute approximate surface area is 309 Å². The molecule has 0 spiro atoms. The second-order valence-electron chi connectivity index (χ2n) is 16.9. The van der Waals surface area contributed by atoms with Crippen LogP contribution in [0.5, 0.6) is 11.5 Å². The normalized spacial score (nSPS) is 12.4. The van der Waals surface area contributed by atoms with E-state index in [9.17, 15) is 0 Å². The lowest BCUT2D eigenvalue weighted by Gasteiger charge is -2.42. The summed E-state index contributed by atoms with van der Waals surface area (Å²) in [5.41, 5.74) is 8.92. The molecule has 4 aromatic carbocycles. The van der Waals surface area contributed by atoms with Crippen LogP contribution < -0.4 is 8.85 Å². The largest absolute Gasteiger partial charge is 0.543 e. The lowest BCUT2D eigenvalue weighted by atomic mass is 10.1. The summed E-state index contributed by atoms with van der Waals surface area (Å²) in [6, 6.07) is 25.5. The van der Waals surface area contributed by atoms with Crippen molar-refractivity contribution in [2.45, 2.75) is 136 Å². The maximum Gasteiger partial charge on any atom is 0.258 e. The van der Waals surface area contributed by atoms with Gasteiger partial charge in [0.15, 0.2) is 0 Å². The van der Waals surface area contributed by atoms with Crippen molar-refractivity contribution in [3.05, 3.63) is 83.9 Å². The monoisotopic (exact) mass is 720 g/mol. The van der Waals surface area contributed by atoms with Crippen molar-refractivity contribution in [2.75, 3.05) is 0 Å². The van der Waals surface area contributed by atoms with Gasteiger partial charge in [-0.3, -0.25) is 0 Å². The van der Waals surface area contributed by atoms with Crippen LogP contribution >= 0.6 is 0 Å². The molecular weight excluding hydrogens is 657 g/mol. The fourth-order valence-corrected chi connectivity index (χ4v) is 19.1. The van der Waals surface area contributed by atoms with Gasteiger partial charge in [-0.2, -0.15) is 0 Å². The van der Waals surface area contributed by atoms with Crippen molar-refractivity contribution >= 4 is 46.3 Å². The van der Waals surface area contributed by atoms with Crippen molar-refractivity contribution in [3.8, 4) is 35.3 Å². The molecule has 268 valence electrons. The molecule has 2 nitrogen and oxygen atoms in total. The van der Waals surface area contributed by atoms with Crippen LogP contribution in [-0.2, 0) is 0 Å². The molecule has 0 amide bonds. The Morgan fingerprint density at radius 1 is 0.460 bits per heavy atom. The minimum absolute atomic E-state index is 0.571. The Kier molecular flexibility index (Phi) is 13.9. The van der Waals surface area contributed by atoms with Gasteiger partial charge in [0, 0.05) is 11.1 Å². The van der Waals surface area contributed by atoms with Crippen molar-refractivity contribution in [3.63, 3.8) is 0 Å². The molecule has 0 N–H and O–H groups in total. The molecule has 0 fully saturated rings. The highest BCUT2D eigenvalue weighted by atomic mass is 28.4. The average molecular weight is 721 g/mol. The van der Waals surface area contributed by atoms with Crippen molar-refractivity contribution in [2.24, 2.45) is 0 Å². The third-order valence-corrected chi connectivity index (χ3v) is 23.3. The van der Waals surface area contributed by atoms with Crippen molar-refractivity contribution in [1.29, 1.82) is 0 Å². The highest BCUT2D eigenvalue weighted by Crippen LogP contribution is 2.44. The summed E-state index contributed by atoms with van der Waals surface area (Å²) in [5, 5.41) is 4.81. The quantitative estimate of drug-likeness (QED) is 0.120. The second-order valence-corrected chi connectivity index (χ2v) is 32.4. The molecule has 0 heterocycles. The van der Waals surface area contributed by atoms with E-state index < -0.39 is 24.7 Å². The van der Waals surface area contributed by atoms with Gasteiger partial charge in [0.2, 0.25) is 0 Å². The molecular formula is C45H64O2Si3. The molecule has 0 saturated heterocycles. The average Bonchev–Trinajstić information content (AvgIpc) is 3.03. The summed E-state index contributed by atoms with van der Waals surface area (Å²) >= 11 is 0. The molecule has 0 unspecified atom stereocenters. The lowest BCUT2D eigenvalue weighted by molar-refractivity contribution is 0.480. The van der Waals surface area contributed by atoms with E-state index in [2.05, 4.69) is 187 Å². The molecule has 0 atom stereocenters. The maximum absolute atomic E-state index is 6.83. The summed E-state index contributed by atoms with van der Waals surface area (Å²) in [7, 11) is -5.18. The Hall–Kier alpha value is -3.23. The van der Waals surface area contributed by atoms with Gasteiger partial charge in [-0.1, -0.05) is 139 Å². The molecule has 0 aromatic heterocycles. The summed E-state index contributed by atoms with van der Waals surface area (Å²) in [5.74, 6) is 8.07. The zero-order chi connectivity index (χ0) is 37.6. The molecule has 50 heavy (non-hydrogen) atoms. The molecule has 4 rings (SSSR count). The first kappa shape index (κ1) is 41.2. The standard InChI is InChI=1S/C24H36OSi2.C21H28OSi/c1-18(2)27(19(3)4,20(5)6)25-24-13-12-22-16-21(10-11-23(22)17-24)14-15-26(7,8)9;1-8-18-9-10-20-14-21(12-11-19(20)13-18)22-23(15(2)3,16(4)5)17(6)7/h10-13,16-20H,1-9H3;1,9-17H,2-7H3. The first-order chi connectivity index (χ1) is 23.3. The van der Waals surface area contributed by atoms with Crippen LogP contribution in [0.25, 0.3) is 21.5 Å². The predicted octanol–water partition coefficient (Wildman–Crippen LogP) is 14.0. The fourth-order valence-electron chi connectivity index (χ4n) is 8.12. The third kappa shape index (κ3) is 9.55. The Morgan fingerprint density at radius 2 is 0.780 bits per heavy atom. The van der Waals surface area contributed by atoms with E-state index in [0.29, 0.717) is 33.2 Å². The zero-order valence-electron chi connectivity index (χ0n) is 33.8. The van der Waals surface area contributed by atoms with Crippen LogP contribution in [0.3, 0.4) is 0 Å². The van der Waals surface area contributed by atoms with Crippen LogP contribution in [0, 0.1) is 23.8 Å². The van der Waals surface area contributed by atoms with E-state index in [1.54, 1.807) is 0 Å². The zero-order valence-corrected chi connectivity index (χ0v) is 36.8. The Balaban J connectivity index is 0.000000274. The summed E-state index contributed by atoms with van der Waals surface area (Å²) in [6.07, 6.45) is 5.48. The predicted molar refractivity (Wildman–Crippen MR) is 229 cm³/mol. The second kappa shape index (κ2) is 16.9. The first-order valence-electron chi connectivity index (χ1n) is 18.7. The van der Waals surface area contributed by atoms with E-state index in [1.807, 2.05) is 6.07 Å². The third-order valence-electron chi connectivity index (χ3n) is 10.4. The number of fused-ring (bicyclic) bond motifs is 2. The van der Waals surface area contributed by atoms with Gasteiger partial charge < -0.3 is 8.85 Å². The van der Waals surface area contributed by atoms with Gasteiger partial charge in [-0.25, -0.2) is 0 Å². The maximum atomic E-state index is 6.83. The molecule has 5 heteroatoms. The van der Waals surface area contributed by atoms with E-state index in [1.165, 1.54) is 21.5 Å². The van der Waals surface area contributed by atoms with Crippen molar-refractivity contribution < 1.29 is 8.85 Å². The molecule has 0 aliphatic carbocycles. The molecule has 0 saturated carbocycles. The first-order valence-corrected chi connectivity index (χ1v) is 26.5. The molecule has 0 aliphatic rings. The van der Waals surface area contributed by atoms with Gasteiger partial charge in [0.05, 0.1) is 0 Å². The number of hydrogen-bond acceptors (Lipinski definition) is 2. The highest BCUT2D eigenvalue weighted by molar-refractivity contribution is 6.84. The Morgan fingerprint density at radius 3 is 1.12 bits per heavy atom. The topological polar surface area (TPSA) is 18.5 Å². The van der Waals surface area contributed by atoms with Gasteiger partial charge in [-0.15, -0.1) is 12.0 Å². The van der Waals surface area contributed by atoms with Crippen LogP contribution in [0.4, 0.5) is 0 Å². The Bertz CT molecular complexity index is 1800. The van der Waals surface area contributed by atoms with E-state index in [-0.39, 0.29) is 0 Å². The van der Waals surface area contributed by atoms with Crippen LogP contribution in [0.1, 0.15) is 94.2 Å². The molecule has 0 radical (unpaired) electrons. The van der Waals surface area contributed by atoms with Crippen LogP contribution in [-0.4, -0.2) is 24.7 Å². The van der Waals surface area contributed by atoms with Gasteiger partial charge in [-0.05, 0) is 103 Å². The summed E-state index contributed by atoms with van der Waals surface area (Å²) < 4.78 is 13.6. The minimum atomic E-state index is -1.92. The highest BCUT2D eigenvalue weighted by Gasteiger charge is 2.48. The van der Waals surface area contributed by atoms with Crippen LogP contribution in [0.15, 0.2) is 72.8 Å². The lowest BCUT2D eigenvalue weighted by Crippen LogP contribution is -2.50. The van der Waals surface area contributed by atoms with E-state index >= 15 is 0 Å². The van der Waals surface area contributed by atoms with E-state index in [0.717, 1.165) is 22.6 Å². The SMILES string of the molecule is C#Cc1ccc2cc(O[Si](C(C)C)(C(C)C)C(C)C)ccc2c1.CC(C)[Si](Oc1ccc2cc(C#C[Si](C)(C)C)ccc2c1)(C(C)C)C(C)C. The number of benzene rings is 4. The number of terminal acetylenes is 1. The smallest absolute Gasteiger partial charge is 0.258 e. The minimum Gasteiger partial charge on any atom is -0.543 e. The van der Waals surface area contributed by atoms with Gasteiger partial charge in [0.25, 0.3) is 16.6 Å². The molecule has 4 aromatic rings. The van der Waals surface area contributed by atoms with Gasteiger partial charge >= 0.3 is 0 Å². The number of rotatable bonds is 10. The summed E-state index contributed by atoms with van der Waals surface area (Å²) in [6.45, 7) is 34.7. The van der Waals surface area contributed by atoms with E-state index in [4.69, 9.17) is 15.3 Å². The fraction of sp³-hybridized carbons (Fsp3) is 0.467. The summed E-state index contributed by atoms with van der Waals surface area (Å²) in [4.78, 5) is 0. The number of hydrogen-bond donors (Lipinski definition) is 0. The van der Waals surface area contributed by atoms with Crippen LogP contribution in [0.2, 0.25) is 52.9 Å².